The monoisotopic (exact) mass is 355 g/mol. The summed E-state index contributed by atoms with van der Waals surface area (Å²) >= 11 is 0. The highest BCUT2D eigenvalue weighted by molar-refractivity contribution is 5.74. The maximum absolute atomic E-state index is 12.8. The Labute approximate surface area is 151 Å². The van der Waals surface area contributed by atoms with E-state index in [-0.39, 0.29) is 17.3 Å². The molecule has 138 valence electrons. The molecular weight excluding hydrogens is 330 g/mol. The molecule has 0 saturated carbocycles. The van der Waals surface area contributed by atoms with Crippen molar-refractivity contribution in [1.29, 1.82) is 0 Å². The standard InChI is InChI=1S/C19H25N5O2/c1-6-13(3)20-18-21-16-15(17(25)23(5)19(26)22(16)4)24(18)11-14-9-7-12(2)8-10-14/h7-10,13H,6,11H2,1-5H3,(H,20,21)/t13-/m1/s1. The van der Waals surface area contributed by atoms with Crippen LogP contribution in [-0.2, 0) is 20.6 Å². The van der Waals surface area contributed by atoms with Gasteiger partial charge in [0.25, 0.3) is 5.56 Å². The minimum atomic E-state index is -0.377. The Kier molecular flexibility index (Phi) is 4.71. The molecule has 1 N–H and O–H groups in total. The molecule has 0 amide bonds. The van der Waals surface area contributed by atoms with Gasteiger partial charge >= 0.3 is 5.69 Å². The summed E-state index contributed by atoms with van der Waals surface area (Å²) in [5.41, 5.74) is 2.37. The van der Waals surface area contributed by atoms with E-state index in [4.69, 9.17) is 0 Å². The van der Waals surface area contributed by atoms with Gasteiger partial charge in [-0.3, -0.25) is 18.5 Å². The van der Waals surface area contributed by atoms with E-state index in [0.29, 0.717) is 23.7 Å². The van der Waals surface area contributed by atoms with Crippen molar-refractivity contribution >= 4 is 17.1 Å². The van der Waals surface area contributed by atoms with Gasteiger partial charge in [0.2, 0.25) is 5.95 Å². The number of aryl methyl sites for hydroxylation is 2. The number of anilines is 1. The quantitative estimate of drug-likeness (QED) is 0.760. The number of hydrogen-bond donors (Lipinski definition) is 1. The minimum Gasteiger partial charge on any atom is -0.353 e. The SMILES string of the molecule is CC[C@@H](C)Nc1nc2c(c(=O)n(C)c(=O)n2C)n1Cc1ccc(C)cc1. The van der Waals surface area contributed by atoms with Gasteiger partial charge in [0, 0.05) is 20.1 Å². The van der Waals surface area contributed by atoms with E-state index in [9.17, 15) is 9.59 Å². The van der Waals surface area contributed by atoms with Crippen molar-refractivity contribution in [3.05, 3.63) is 56.2 Å². The van der Waals surface area contributed by atoms with Crippen LogP contribution in [0.1, 0.15) is 31.4 Å². The highest BCUT2D eigenvalue weighted by Gasteiger charge is 2.20. The van der Waals surface area contributed by atoms with Crippen LogP contribution in [0.2, 0.25) is 0 Å². The predicted octanol–water partition coefficient (Wildman–Crippen LogP) is 2.00. The van der Waals surface area contributed by atoms with E-state index in [1.54, 1.807) is 7.05 Å². The zero-order valence-corrected chi connectivity index (χ0v) is 15.9. The number of hydrogen-bond acceptors (Lipinski definition) is 4. The summed E-state index contributed by atoms with van der Waals surface area (Å²) in [5, 5.41) is 3.36. The van der Waals surface area contributed by atoms with Crippen molar-refractivity contribution < 1.29 is 0 Å². The van der Waals surface area contributed by atoms with Gasteiger partial charge in [-0.25, -0.2) is 4.79 Å². The predicted molar refractivity (Wildman–Crippen MR) is 104 cm³/mol. The van der Waals surface area contributed by atoms with E-state index >= 15 is 0 Å². The Morgan fingerprint density at radius 3 is 2.38 bits per heavy atom. The first-order chi connectivity index (χ1) is 12.3. The molecule has 0 bridgehead atoms. The molecule has 0 aliphatic rings. The lowest BCUT2D eigenvalue weighted by Crippen LogP contribution is -2.37. The molecule has 7 nitrogen and oxygen atoms in total. The van der Waals surface area contributed by atoms with Crippen molar-refractivity contribution in [3.63, 3.8) is 0 Å². The van der Waals surface area contributed by atoms with Crippen LogP contribution < -0.4 is 16.6 Å². The fourth-order valence-corrected chi connectivity index (χ4v) is 2.91. The largest absolute Gasteiger partial charge is 0.353 e. The van der Waals surface area contributed by atoms with Crippen LogP contribution in [-0.4, -0.2) is 24.7 Å². The lowest BCUT2D eigenvalue weighted by Gasteiger charge is -2.15. The molecule has 0 fully saturated rings. The summed E-state index contributed by atoms with van der Waals surface area (Å²) in [6, 6.07) is 8.37. The number of rotatable bonds is 5. The van der Waals surface area contributed by atoms with Gasteiger partial charge in [0.1, 0.15) is 0 Å². The maximum atomic E-state index is 12.8. The number of imidazole rings is 1. The third-order valence-corrected chi connectivity index (χ3v) is 4.80. The molecule has 0 aliphatic carbocycles. The second kappa shape index (κ2) is 6.82. The molecule has 2 aromatic heterocycles. The first kappa shape index (κ1) is 18.0. The van der Waals surface area contributed by atoms with Gasteiger partial charge in [0.15, 0.2) is 11.2 Å². The minimum absolute atomic E-state index is 0.199. The summed E-state index contributed by atoms with van der Waals surface area (Å²) < 4.78 is 4.42. The van der Waals surface area contributed by atoms with Crippen molar-refractivity contribution in [2.75, 3.05) is 5.32 Å². The first-order valence-electron chi connectivity index (χ1n) is 8.81. The van der Waals surface area contributed by atoms with Crippen LogP contribution in [0.5, 0.6) is 0 Å². The number of nitrogens with one attached hydrogen (secondary N) is 1. The number of benzene rings is 1. The van der Waals surface area contributed by atoms with Gasteiger partial charge < -0.3 is 5.32 Å². The van der Waals surface area contributed by atoms with Crippen LogP contribution >= 0.6 is 0 Å². The smallest absolute Gasteiger partial charge is 0.332 e. The zero-order valence-electron chi connectivity index (χ0n) is 15.9. The highest BCUT2D eigenvalue weighted by atomic mass is 16.2. The third kappa shape index (κ3) is 3.05. The summed E-state index contributed by atoms with van der Waals surface area (Å²) in [6.07, 6.45) is 0.921. The Morgan fingerprint density at radius 2 is 1.77 bits per heavy atom. The van der Waals surface area contributed by atoms with Crippen molar-refractivity contribution in [1.82, 2.24) is 18.7 Å². The van der Waals surface area contributed by atoms with Gasteiger partial charge in [-0.2, -0.15) is 4.98 Å². The van der Waals surface area contributed by atoms with Crippen LogP contribution in [0.4, 0.5) is 5.95 Å². The van der Waals surface area contributed by atoms with Crippen LogP contribution in [0.3, 0.4) is 0 Å². The topological polar surface area (TPSA) is 73.8 Å². The molecule has 2 heterocycles. The van der Waals surface area contributed by atoms with E-state index < -0.39 is 0 Å². The summed E-state index contributed by atoms with van der Waals surface area (Å²) in [7, 11) is 3.13. The van der Waals surface area contributed by atoms with Crippen molar-refractivity contribution in [2.45, 2.75) is 39.8 Å². The maximum Gasteiger partial charge on any atom is 0.332 e. The van der Waals surface area contributed by atoms with Gasteiger partial charge in [-0.05, 0) is 25.8 Å². The molecule has 0 unspecified atom stereocenters. The molecule has 7 heteroatoms. The number of aromatic nitrogens is 4. The normalized spacial score (nSPS) is 12.5. The molecule has 1 atom stereocenters. The zero-order chi connectivity index (χ0) is 19.0. The van der Waals surface area contributed by atoms with Crippen LogP contribution in [0.15, 0.2) is 33.9 Å². The first-order valence-corrected chi connectivity index (χ1v) is 8.81. The van der Waals surface area contributed by atoms with Crippen molar-refractivity contribution in [2.24, 2.45) is 14.1 Å². The van der Waals surface area contributed by atoms with E-state index in [0.717, 1.165) is 16.6 Å². The molecule has 0 radical (unpaired) electrons. The fourth-order valence-electron chi connectivity index (χ4n) is 2.91. The molecule has 0 spiro atoms. The highest BCUT2D eigenvalue weighted by Crippen LogP contribution is 2.19. The number of fused-ring (bicyclic) bond motifs is 1. The number of nitrogens with zero attached hydrogens (tertiary/aromatic N) is 4. The van der Waals surface area contributed by atoms with Crippen LogP contribution in [0.25, 0.3) is 11.2 Å². The van der Waals surface area contributed by atoms with E-state index in [1.807, 2.05) is 35.8 Å². The molecular formula is C19H25N5O2. The lowest BCUT2D eigenvalue weighted by atomic mass is 10.1. The molecule has 3 rings (SSSR count). The Balaban J connectivity index is 2.25. The second-order valence-electron chi connectivity index (χ2n) is 6.84. The van der Waals surface area contributed by atoms with Gasteiger partial charge in [0.05, 0.1) is 6.54 Å². The summed E-state index contributed by atoms with van der Waals surface area (Å²) in [5.74, 6) is 0.605. The Bertz CT molecular complexity index is 1060. The average Bonchev–Trinajstić information content (AvgIpc) is 2.98. The average molecular weight is 355 g/mol. The molecule has 1 aromatic carbocycles. The Morgan fingerprint density at radius 1 is 1.12 bits per heavy atom. The second-order valence-corrected chi connectivity index (χ2v) is 6.84. The van der Waals surface area contributed by atoms with Gasteiger partial charge in [-0.1, -0.05) is 36.8 Å². The Hall–Kier alpha value is -2.83. The molecule has 0 aliphatic heterocycles. The lowest BCUT2D eigenvalue weighted by molar-refractivity contribution is 0.701. The summed E-state index contributed by atoms with van der Waals surface area (Å²) in [6.45, 7) is 6.69. The fraction of sp³-hybridized carbons (Fsp3) is 0.421. The van der Waals surface area contributed by atoms with Crippen LogP contribution in [0, 0.1) is 6.92 Å². The molecule has 0 saturated heterocycles. The van der Waals surface area contributed by atoms with Gasteiger partial charge in [-0.15, -0.1) is 0 Å². The van der Waals surface area contributed by atoms with Crippen molar-refractivity contribution in [3.8, 4) is 0 Å². The van der Waals surface area contributed by atoms with E-state index in [1.165, 1.54) is 17.2 Å². The molecule has 3 aromatic rings. The van der Waals surface area contributed by atoms with E-state index in [2.05, 4.69) is 24.1 Å². The molecule has 26 heavy (non-hydrogen) atoms. The third-order valence-electron chi connectivity index (χ3n) is 4.80. The summed E-state index contributed by atoms with van der Waals surface area (Å²) in [4.78, 5) is 29.6.